The summed E-state index contributed by atoms with van der Waals surface area (Å²) in [6, 6.07) is 14.7. The first-order valence-electron chi connectivity index (χ1n) is 17.0. The van der Waals surface area contributed by atoms with Crippen LogP contribution in [0.15, 0.2) is 67.0 Å². The number of alkyl carbamates (subject to hydrolysis) is 2. The number of hydrogen-bond acceptors (Lipinski definition) is 10. The summed E-state index contributed by atoms with van der Waals surface area (Å²) in [7, 11) is 1.21. The van der Waals surface area contributed by atoms with E-state index in [1.807, 2.05) is 36.4 Å². The molecule has 2 aliphatic rings. The molecule has 5 rings (SSSR count). The molecule has 0 aliphatic carbocycles. The van der Waals surface area contributed by atoms with Crippen LogP contribution in [0, 0.1) is 11.3 Å². The van der Waals surface area contributed by atoms with Crippen LogP contribution >= 0.6 is 23.2 Å². The van der Waals surface area contributed by atoms with Gasteiger partial charge in [0, 0.05) is 25.5 Å². The molecule has 3 aromatic rings. The van der Waals surface area contributed by atoms with Crippen LogP contribution in [-0.4, -0.2) is 90.6 Å². The smallest absolute Gasteiger partial charge is 0.407 e. The molecule has 6 atom stereocenters. The SMILES string of the molecule is COC(=O)NC(C(=O)NN(Cc1ccc(Cl)c(Cl)c1)CC(O)C(Cc1ccc(-c2cccnc2)cc1)NC(=O)OC1COC2OCCC12)C(C)(C)C. The Balaban J connectivity index is 1.38. The number of carbonyl (C=O) groups excluding carboxylic acids is 3. The van der Waals surface area contributed by atoms with Crippen LogP contribution in [0.2, 0.25) is 10.0 Å². The van der Waals surface area contributed by atoms with Crippen LogP contribution in [0.5, 0.6) is 0 Å². The van der Waals surface area contributed by atoms with E-state index in [9.17, 15) is 19.5 Å². The Morgan fingerprint density at radius 3 is 2.42 bits per heavy atom. The van der Waals surface area contributed by atoms with E-state index in [4.69, 9.17) is 42.1 Å². The molecule has 2 aliphatic heterocycles. The van der Waals surface area contributed by atoms with E-state index in [2.05, 4.69) is 21.0 Å². The van der Waals surface area contributed by atoms with Crippen molar-refractivity contribution in [3.63, 3.8) is 0 Å². The minimum Gasteiger partial charge on any atom is -0.453 e. The van der Waals surface area contributed by atoms with Crippen LogP contribution in [0.25, 0.3) is 11.1 Å². The quantitative estimate of drug-likeness (QED) is 0.172. The number of aromatic nitrogens is 1. The lowest BCUT2D eigenvalue weighted by Gasteiger charge is -2.34. The van der Waals surface area contributed by atoms with E-state index in [-0.39, 0.29) is 32.0 Å². The average molecular weight is 759 g/mol. The molecule has 2 fully saturated rings. The number of pyridine rings is 1. The van der Waals surface area contributed by atoms with Gasteiger partial charge in [0.05, 0.1) is 48.4 Å². The molecule has 2 saturated heterocycles. The maximum Gasteiger partial charge on any atom is 0.407 e. The van der Waals surface area contributed by atoms with Gasteiger partial charge in [0.1, 0.15) is 12.1 Å². The Kier molecular flexibility index (Phi) is 13.3. The molecule has 280 valence electrons. The molecular weight excluding hydrogens is 713 g/mol. The zero-order valence-electron chi connectivity index (χ0n) is 29.5. The van der Waals surface area contributed by atoms with Crippen molar-refractivity contribution in [1.29, 1.82) is 0 Å². The van der Waals surface area contributed by atoms with Crippen molar-refractivity contribution in [3.05, 3.63) is 88.2 Å². The minimum absolute atomic E-state index is 0.0691. The van der Waals surface area contributed by atoms with E-state index in [0.717, 1.165) is 16.7 Å². The molecule has 0 radical (unpaired) electrons. The van der Waals surface area contributed by atoms with Gasteiger partial charge in [-0.05, 0) is 58.7 Å². The fourth-order valence-electron chi connectivity index (χ4n) is 6.21. The summed E-state index contributed by atoms with van der Waals surface area (Å²) >= 11 is 12.5. The standard InChI is InChI=1S/C37H45Cl2N5O8/c1-37(2,3)32(42-35(47)49-4)33(46)43-44(19-23-9-12-27(38)28(39)16-23)20-30(45)29(41-36(48)52-31-21-51-34-26(31)13-15-50-34)17-22-7-10-24(11-8-22)25-6-5-14-40-18-25/h5-12,14,16,18,26,29-32,34,45H,13,15,17,19-21H2,1-4H3,(H,41,48)(H,42,47)(H,43,46). The van der Waals surface area contributed by atoms with Crippen LogP contribution in [0.3, 0.4) is 0 Å². The molecule has 1 aromatic heterocycles. The van der Waals surface area contributed by atoms with E-state index in [1.165, 1.54) is 12.1 Å². The normalized spacial score (nSPS) is 20.0. The molecule has 0 spiro atoms. The maximum absolute atomic E-state index is 13.7. The highest BCUT2D eigenvalue weighted by atomic mass is 35.5. The molecule has 2 aromatic carbocycles. The number of amides is 3. The number of fused-ring (bicyclic) bond motifs is 1. The van der Waals surface area contributed by atoms with Gasteiger partial charge in [0.25, 0.3) is 5.91 Å². The minimum atomic E-state index is -1.24. The van der Waals surface area contributed by atoms with Crippen LogP contribution in [0.1, 0.15) is 38.3 Å². The summed E-state index contributed by atoms with van der Waals surface area (Å²) < 4.78 is 21.8. The van der Waals surface area contributed by atoms with Gasteiger partial charge in [-0.25, -0.2) is 14.6 Å². The first-order chi connectivity index (χ1) is 24.8. The molecule has 15 heteroatoms. The van der Waals surface area contributed by atoms with Crippen molar-refractivity contribution in [1.82, 2.24) is 26.1 Å². The van der Waals surface area contributed by atoms with E-state index in [0.29, 0.717) is 28.6 Å². The van der Waals surface area contributed by atoms with Gasteiger partial charge in [-0.2, -0.15) is 0 Å². The summed E-state index contributed by atoms with van der Waals surface area (Å²) in [6.45, 7) is 6.07. The fourth-order valence-corrected chi connectivity index (χ4v) is 6.53. The van der Waals surface area contributed by atoms with Gasteiger partial charge in [-0.15, -0.1) is 0 Å². The average Bonchev–Trinajstić information content (AvgIpc) is 3.73. The predicted octanol–water partition coefficient (Wildman–Crippen LogP) is 5.12. The van der Waals surface area contributed by atoms with Gasteiger partial charge >= 0.3 is 12.2 Å². The Morgan fingerprint density at radius 1 is 1.00 bits per heavy atom. The van der Waals surface area contributed by atoms with Crippen molar-refractivity contribution in [2.24, 2.45) is 11.3 Å². The van der Waals surface area contributed by atoms with E-state index >= 15 is 0 Å². The number of methoxy groups -OCH3 is 1. The molecule has 0 saturated carbocycles. The molecule has 13 nitrogen and oxygen atoms in total. The maximum atomic E-state index is 13.7. The largest absolute Gasteiger partial charge is 0.453 e. The lowest BCUT2D eigenvalue weighted by atomic mass is 9.86. The fraction of sp³-hybridized carbons (Fsp3) is 0.459. The summed E-state index contributed by atoms with van der Waals surface area (Å²) in [5.41, 5.74) is 5.56. The van der Waals surface area contributed by atoms with Gasteiger partial charge < -0.3 is 34.7 Å². The molecule has 52 heavy (non-hydrogen) atoms. The Hall–Kier alpha value is -3.98. The molecular formula is C37H45Cl2N5O8. The number of halogens is 2. The Morgan fingerprint density at radius 2 is 1.75 bits per heavy atom. The predicted molar refractivity (Wildman–Crippen MR) is 194 cm³/mol. The van der Waals surface area contributed by atoms with Crippen molar-refractivity contribution >= 4 is 41.3 Å². The second-order valence-electron chi connectivity index (χ2n) is 14.0. The highest BCUT2D eigenvalue weighted by Crippen LogP contribution is 2.33. The zero-order valence-corrected chi connectivity index (χ0v) is 31.0. The highest BCUT2D eigenvalue weighted by Gasteiger charge is 2.44. The molecule has 6 unspecified atom stereocenters. The monoisotopic (exact) mass is 757 g/mol. The number of hydrazine groups is 1. The summed E-state index contributed by atoms with van der Waals surface area (Å²) in [5.74, 6) is -0.616. The third-order valence-electron chi connectivity index (χ3n) is 9.02. The summed E-state index contributed by atoms with van der Waals surface area (Å²) in [4.78, 5) is 43.5. The second kappa shape index (κ2) is 17.7. The summed E-state index contributed by atoms with van der Waals surface area (Å²) in [5, 5.41) is 19.5. The lowest BCUT2D eigenvalue weighted by molar-refractivity contribution is -0.131. The third-order valence-corrected chi connectivity index (χ3v) is 9.76. The second-order valence-corrected chi connectivity index (χ2v) is 14.8. The van der Waals surface area contributed by atoms with Gasteiger partial charge in [-0.3, -0.25) is 15.2 Å². The van der Waals surface area contributed by atoms with Crippen molar-refractivity contribution in [2.45, 2.75) is 70.7 Å². The molecule has 3 heterocycles. The van der Waals surface area contributed by atoms with E-state index in [1.54, 1.807) is 51.4 Å². The number of hydrogen-bond donors (Lipinski definition) is 4. The zero-order chi connectivity index (χ0) is 37.4. The number of nitrogens with one attached hydrogen (secondary N) is 3. The number of carbonyl (C=O) groups is 3. The number of aliphatic hydroxyl groups is 1. The van der Waals surface area contributed by atoms with Crippen LogP contribution < -0.4 is 16.1 Å². The van der Waals surface area contributed by atoms with Crippen LogP contribution in [-0.2, 0) is 36.7 Å². The molecule has 3 amide bonds. The third kappa shape index (κ3) is 10.6. The number of benzene rings is 2. The van der Waals surface area contributed by atoms with Crippen molar-refractivity contribution < 1.29 is 38.4 Å². The first-order valence-corrected chi connectivity index (χ1v) is 17.8. The van der Waals surface area contributed by atoms with Crippen LogP contribution in [0.4, 0.5) is 9.59 Å². The lowest BCUT2D eigenvalue weighted by Crippen LogP contribution is -2.59. The Labute approximate surface area is 313 Å². The number of aliphatic hydroxyl groups excluding tert-OH is 1. The van der Waals surface area contributed by atoms with Gasteiger partial charge in [0.15, 0.2) is 6.29 Å². The van der Waals surface area contributed by atoms with Crippen molar-refractivity contribution in [2.75, 3.05) is 26.9 Å². The Bertz CT molecular complexity index is 1680. The van der Waals surface area contributed by atoms with Crippen molar-refractivity contribution in [3.8, 4) is 11.1 Å². The number of ether oxygens (including phenoxy) is 4. The summed E-state index contributed by atoms with van der Waals surface area (Å²) in [6.07, 6.45) is 0.792. The van der Waals surface area contributed by atoms with Gasteiger partial charge in [-0.1, -0.05) is 80.4 Å². The molecule has 4 N–H and O–H groups in total. The topological polar surface area (TPSA) is 161 Å². The van der Waals surface area contributed by atoms with E-state index < -0.39 is 54.1 Å². The van der Waals surface area contributed by atoms with Gasteiger partial charge in [0.2, 0.25) is 0 Å². The molecule has 0 bridgehead atoms. The first kappa shape index (κ1) is 39.2. The number of rotatable bonds is 13. The number of nitrogens with zero attached hydrogens (tertiary/aromatic N) is 2. The highest BCUT2D eigenvalue weighted by molar-refractivity contribution is 6.42.